The molecule has 0 amide bonds. The Morgan fingerprint density at radius 1 is 1.45 bits per heavy atom. The van der Waals surface area contributed by atoms with Gasteiger partial charge in [0.15, 0.2) is 0 Å². The first-order chi connectivity index (χ1) is 5.34. The Hall–Kier alpha value is -0.590. The van der Waals surface area contributed by atoms with Gasteiger partial charge in [-0.3, -0.25) is 0 Å². The number of hydrogen-bond acceptors (Lipinski definition) is 3. The predicted octanol–water partition coefficient (Wildman–Crippen LogP) is 0.654. The average molecular weight is 154 g/mol. The fourth-order valence-corrected chi connectivity index (χ4v) is 1.38. The first kappa shape index (κ1) is 8.51. The van der Waals surface area contributed by atoms with E-state index in [2.05, 4.69) is 6.07 Å². The number of rotatable bonds is 1. The molecule has 1 rings (SSSR count). The molecule has 2 unspecified atom stereocenters. The monoisotopic (exact) mass is 154 g/mol. The van der Waals surface area contributed by atoms with E-state index in [-0.39, 0.29) is 6.04 Å². The molecule has 1 aliphatic heterocycles. The van der Waals surface area contributed by atoms with E-state index in [4.69, 9.17) is 15.7 Å². The lowest BCUT2D eigenvalue weighted by Crippen LogP contribution is -2.29. The van der Waals surface area contributed by atoms with Crippen LogP contribution in [-0.2, 0) is 4.74 Å². The summed E-state index contributed by atoms with van der Waals surface area (Å²) in [4.78, 5) is 0. The maximum Gasteiger partial charge on any atom is 0.0625 e. The number of ether oxygens (including phenoxy) is 1. The summed E-state index contributed by atoms with van der Waals surface area (Å²) >= 11 is 0. The summed E-state index contributed by atoms with van der Waals surface area (Å²) in [5.74, 6) is 0.350. The first-order valence-electron chi connectivity index (χ1n) is 4.05. The van der Waals surface area contributed by atoms with E-state index in [0.717, 1.165) is 26.1 Å². The van der Waals surface area contributed by atoms with Gasteiger partial charge in [0.05, 0.1) is 6.07 Å². The zero-order chi connectivity index (χ0) is 8.10. The molecular weight excluding hydrogens is 140 g/mol. The fourth-order valence-electron chi connectivity index (χ4n) is 1.38. The first-order valence-corrected chi connectivity index (χ1v) is 4.05. The van der Waals surface area contributed by atoms with E-state index in [1.54, 1.807) is 0 Å². The van der Waals surface area contributed by atoms with Crippen LogP contribution in [0.4, 0.5) is 0 Å². The molecule has 0 radical (unpaired) electrons. The zero-order valence-electron chi connectivity index (χ0n) is 6.62. The molecule has 0 aromatic heterocycles. The van der Waals surface area contributed by atoms with E-state index in [9.17, 15) is 0 Å². The molecule has 0 bridgehead atoms. The van der Waals surface area contributed by atoms with Gasteiger partial charge >= 0.3 is 0 Å². The number of hydrogen-bond donors (Lipinski definition) is 1. The highest BCUT2D eigenvalue weighted by molar-refractivity contribution is 4.83. The fraction of sp³-hybridized carbons (Fsp3) is 0.875. The van der Waals surface area contributed by atoms with Gasteiger partial charge in [-0.25, -0.2) is 0 Å². The zero-order valence-corrected chi connectivity index (χ0v) is 6.62. The van der Waals surface area contributed by atoms with E-state index in [1.807, 2.05) is 0 Å². The Morgan fingerprint density at radius 3 is 2.91 bits per heavy atom. The van der Waals surface area contributed by atoms with Gasteiger partial charge in [-0.05, 0) is 18.8 Å². The number of nitrogens with two attached hydrogens (primary N) is 1. The normalized spacial score (nSPS) is 32.4. The van der Waals surface area contributed by atoms with Gasteiger partial charge in [0.1, 0.15) is 0 Å². The molecule has 62 valence electrons. The highest BCUT2D eigenvalue weighted by Gasteiger charge is 2.19. The largest absolute Gasteiger partial charge is 0.381 e. The number of nitriles is 1. The molecule has 1 heterocycles. The van der Waals surface area contributed by atoms with E-state index in [1.165, 1.54) is 0 Å². The van der Waals surface area contributed by atoms with E-state index < -0.39 is 0 Å². The van der Waals surface area contributed by atoms with Crippen LogP contribution in [0.3, 0.4) is 0 Å². The minimum Gasteiger partial charge on any atom is -0.381 e. The summed E-state index contributed by atoms with van der Waals surface area (Å²) in [6, 6.07) is 2.32. The molecule has 3 nitrogen and oxygen atoms in total. The van der Waals surface area contributed by atoms with Gasteiger partial charge < -0.3 is 10.5 Å². The molecule has 11 heavy (non-hydrogen) atoms. The second-order valence-corrected chi connectivity index (χ2v) is 2.98. The molecule has 0 spiro atoms. The molecule has 3 heteroatoms. The maximum absolute atomic E-state index is 8.48. The standard InChI is InChI=1S/C8H14N2O/c9-4-1-7-2-5-11-6-3-8(7)10/h7-8H,1-3,5-6,10H2. The lowest BCUT2D eigenvalue weighted by Gasteiger charge is -2.16. The summed E-state index contributed by atoms with van der Waals surface area (Å²) in [6.07, 6.45) is 2.41. The lowest BCUT2D eigenvalue weighted by atomic mass is 9.93. The third kappa shape index (κ3) is 2.49. The second kappa shape index (κ2) is 4.32. The SMILES string of the molecule is N#CCC1CCOCCC1N. The summed E-state index contributed by atoms with van der Waals surface area (Å²) in [7, 11) is 0. The Kier molecular flexibility index (Phi) is 3.34. The van der Waals surface area contributed by atoms with Crippen molar-refractivity contribution in [3.63, 3.8) is 0 Å². The van der Waals surface area contributed by atoms with Crippen LogP contribution >= 0.6 is 0 Å². The molecule has 1 saturated heterocycles. The molecule has 1 fully saturated rings. The Labute approximate surface area is 67.1 Å². The topological polar surface area (TPSA) is 59.0 Å². The van der Waals surface area contributed by atoms with Gasteiger partial charge in [0, 0.05) is 25.7 Å². The maximum atomic E-state index is 8.48. The summed E-state index contributed by atoms with van der Waals surface area (Å²) < 4.78 is 5.25. The van der Waals surface area contributed by atoms with Crippen molar-refractivity contribution in [3.05, 3.63) is 0 Å². The van der Waals surface area contributed by atoms with Crippen LogP contribution in [0.15, 0.2) is 0 Å². The van der Waals surface area contributed by atoms with Crippen LogP contribution in [-0.4, -0.2) is 19.3 Å². The highest BCUT2D eigenvalue weighted by Crippen LogP contribution is 2.17. The van der Waals surface area contributed by atoms with Crippen molar-refractivity contribution in [2.75, 3.05) is 13.2 Å². The van der Waals surface area contributed by atoms with Gasteiger partial charge in [0.2, 0.25) is 0 Å². The Balaban J connectivity index is 2.40. The highest BCUT2D eigenvalue weighted by atomic mass is 16.5. The van der Waals surface area contributed by atoms with E-state index >= 15 is 0 Å². The quantitative estimate of drug-likeness (QED) is 0.603. The summed E-state index contributed by atoms with van der Waals surface area (Å²) in [5, 5.41) is 8.48. The summed E-state index contributed by atoms with van der Waals surface area (Å²) in [6.45, 7) is 1.52. The Morgan fingerprint density at radius 2 is 2.18 bits per heavy atom. The lowest BCUT2D eigenvalue weighted by molar-refractivity contribution is 0.141. The molecular formula is C8H14N2O. The van der Waals surface area contributed by atoms with Crippen molar-refractivity contribution in [2.45, 2.75) is 25.3 Å². The third-order valence-corrected chi connectivity index (χ3v) is 2.19. The molecule has 0 saturated carbocycles. The molecule has 2 N–H and O–H groups in total. The van der Waals surface area contributed by atoms with Crippen molar-refractivity contribution >= 4 is 0 Å². The van der Waals surface area contributed by atoms with Crippen molar-refractivity contribution in [1.82, 2.24) is 0 Å². The minimum absolute atomic E-state index is 0.164. The predicted molar refractivity (Wildman–Crippen MR) is 41.7 cm³/mol. The van der Waals surface area contributed by atoms with E-state index in [0.29, 0.717) is 12.3 Å². The van der Waals surface area contributed by atoms with Crippen molar-refractivity contribution in [3.8, 4) is 6.07 Å². The van der Waals surface area contributed by atoms with Crippen LogP contribution in [0.5, 0.6) is 0 Å². The second-order valence-electron chi connectivity index (χ2n) is 2.98. The molecule has 0 aromatic carbocycles. The van der Waals surface area contributed by atoms with Crippen LogP contribution in [0.2, 0.25) is 0 Å². The molecule has 0 aromatic rings. The average Bonchev–Trinajstić information content (AvgIpc) is 2.18. The third-order valence-electron chi connectivity index (χ3n) is 2.19. The van der Waals surface area contributed by atoms with Crippen molar-refractivity contribution < 1.29 is 4.74 Å². The van der Waals surface area contributed by atoms with Gasteiger partial charge in [0.25, 0.3) is 0 Å². The Bertz CT molecular complexity index is 153. The molecule has 0 aliphatic carbocycles. The minimum atomic E-state index is 0.164. The molecule has 1 aliphatic rings. The van der Waals surface area contributed by atoms with Crippen LogP contribution in [0.25, 0.3) is 0 Å². The van der Waals surface area contributed by atoms with Gasteiger partial charge in [-0.1, -0.05) is 0 Å². The van der Waals surface area contributed by atoms with Crippen LogP contribution in [0, 0.1) is 17.2 Å². The summed E-state index contributed by atoms with van der Waals surface area (Å²) in [5.41, 5.74) is 5.83. The van der Waals surface area contributed by atoms with Crippen LogP contribution < -0.4 is 5.73 Å². The van der Waals surface area contributed by atoms with Gasteiger partial charge in [-0.2, -0.15) is 5.26 Å². The van der Waals surface area contributed by atoms with Crippen molar-refractivity contribution in [2.24, 2.45) is 11.7 Å². The van der Waals surface area contributed by atoms with Crippen LogP contribution in [0.1, 0.15) is 19.3 Å². The smallest absolute Gasteiger partial charge is 0.0625 e. The number of nitrogens with zero attached hydrogens (tertiary/aromatic N) is 1. The molecule has 2 atom stereocenters. The van der Waals surface area contributed by atoms with Crippen molar-refractivity contribution in [1.29, 1.82) is 5.26 Å². The van der Waals surface area contributed by atoms with Gasteiger partial charge in [-0.15, -0.1) is 0 Å².